The molecular weight excluding hydrogens is 280 g/mol. The average molecular weight is 302 g/mol. The highest BCUT2D eigenvalue weighted by Gasteiger charge is 2.25. The van der Waals surface area contributed by atoms with Crippen LogP contribution in [0.25, 0.3) is 11.3 Å². The second kappa shape index (κ2) is 6.16. The summed E-state index contributed by atoms with van der Waals surface area (Å²) in [5, 5.41) is 10.7. The maximum Gasteiger partial charge on any atom is 0.186 e. The summed E-state index contributed by atoms with van der Waals surface area (Å²) in [7, 11) is 0. The number of hydrogen-bond acceptors (Lipinski definition) is 4. The van der Waals surface area contributed by atoms with E-state index in [0.29, 0.717) is 11.8 Å². The molecule has 1 fully saturated rings. The normalized spacial score (nSPS) is 22.5. The van der Waals surface area contributed by atoms with E-state index < -0.39 is 0 Å². The molecule has 3 rings (SSSR count). The Kier molecular flexibility index (Phi) is 4.27. The van der Waals surface area contributed by atoms with Crippen LogP contribution in [0.3, 0.4) is 0 Å². The van der Waals surface area contributed by atoms with Gasteiger partial charge in [-0.1, -0.05) is 55.5 Å². The summed E-state index contributed by atoms with van der Waals surface area (Å²) in [6.45, 7) is 6.80. The molecule has 1 saturated heterocycles. The van der Waals surface area contributed by atoms with Crippen LogP contribution in [0.4, 0.5) is 5.13 Å². The molecule has 4 heteroatoms. The molecule has 0 bridgehead atoms. The van der Waals surface area contributed by atoms with Crippen LogP contribution in [0.15, 0.2) is 30.3 Å². The van der Waals surface area contributed by atoms with Gasteiger partial charge in [0.2, 0.25) is 0 Å². The van der Waals surface area contributed by atoms with E-state index in [1.807, 2.05) is 18.2 Å². The van der Waals surface area contributed by atoms with Crippen molar-refractivity contribution in [3.05, 3.63) is 35.2 Å². The number of piperidine rings is 1. The van der Waals surface area contributed by atoms with Crippen molar-refractivity contribution in [2.24, 2.45) is 11.8 Å². The molecule has 3 nitrogen and oxygen atoms in total. The molecule has 0 radical (unpaired) electrons. The van der Waals surface area contributed by atoms with Crippen molar-refractivity contribution in [2.75, 3.05) is 18.0 Å². The summed E-state index contributed by atoms with van der Waals surface area (Å²) in [6.07, 6.45) is 1.29. The van der Waals surface area contributed by atoms with Gasteiger partial charge in [0.05, 0.1) is 17.2 Å². The third kappa shape index (κ3) is 3.11. The predicted molar refractivity (Wildman–Crippen MR) is 88.6 cm³/mol. The van der Waals surface area contributed by atoms with Gasteiger partial charge in [-0.3, -0.25) is 0 Å². The lowest BCUT2D eigenvalue weighted by atomic mass is 9.92. The lowest BCUT2D eigenvalue weighted by Gasteiger charge is -2.34. The number of anilines is 1. The lowest BCUT2D eigenvalue weighted by molar-refractivity contribution is 0.286. The zero-order valence-corrected chi connectivity index (χ0v) is 13.4. The minimum absolute atomic E-state index is 0.0564. The van der Waals surface area contributed by atoms with Gasteiger partial charge in [0.15, 0.2) is 5.13 Å². The molecule has 21 heavy (non-hydrogen) atoms. The smallest absolute Gasteiger partial charge is 0.186 e. The molecule has 112 valence electrons. The third-order valence-electron chi connectivity index (χ3n) is 4.02. The van der Waals surface area contributed by atoms with Crippen LogP contribution in [0.2, 0.25) is 0 Å². The number of benzene rings is 1. The van der Waals surface area contributed by atoms with E-state index in [4.69, 9.17) is 4.98 Å². The average Bonchev–Trinajstić information content (AvgIpc) is 2.91. The van der Waals surface area contributed by atoms with Crippen LogP contribution in [0, 0.1) is 11.8 Å². The van der Waals surface area contributed by atoms with Gasteiger partial charge in [0, 0.05) is 18.7 Å². The minimum atomic E-state index is 0.0564. The highest BCUT2D eigenvalue weighted by Crippen LogP contribution is 2.35. The molecule has 2 aromatic rings. The number of nitrogens with zero attached hydrogens (tertiary/aromatic N) is 2. The molecule has 1 aromatic carbocycles. The molecule has 1 aliphatic heterocycles. The third-order valence-corrected chi connectivity index (χ3v) is 5.12. The highest BCUT2D eigenvalue weighted by molar-refractivity contribution is 7.16. The van der Waals surface area contributed by atoms with Crippen LogP contribution < -0.4 is 4.90 Å². The monoisotopic (exact) mass is 302 g/mol. The Morgan fingerprint density at radius 1 is 1.19 bits per heavy atom. The topological polar surface area (TPSA) is 36.4 Å². The van der Waals surface area contributed by atoms with Crippen molar-refractivity contribution >= 4 is 16.5 Å². The van der Waals surface area contributed by atoms with Crippen molar-refractivity contribution in [1.82, 2.24) is 4.98 Å². The first-order valence-corrected chi connectivity index (χ1v) is 8.40. The first-order valence-electron chi connectivity index (χ1n) is 7.58. The van der Waals surface area contributed by atoms with E-state index >= 15 is 0 Å². The van der Waals surface area contributed by atoms with E-state index in [1.54, 1.807) is 11.3 Å². The van der Waals surface area contributed by atoms with E-state index in [9.17, 15) is 5.11 Å². The molecule has 0 aliphatic carbocycles. The fraction of sp³-hybridized carbons (Fsp3) is 0.471. The molecule has 0 amide bonds. The molecule has 2 atom stereocenters. The molecular formula is C17H22N2OS. The summed E-state index contributed by atoms with van der Waals surface area (Å²) in [4.78, 5) is 8.17. The zero-order valence-electron chi connectivity index (χ0n) is 12.6. The van der Waals surface area contributed by atoms with Gasteiger partial charge in [0.25, 0.3) is 0 Å². The number of rotatable bonds is 3. The fourth-order valence-electron chi connectivity index (χ4n) is 3.22. The number of aliphatic hydroxyl groups excluding tert-OH is 1. The molecule has 2 unspecified atom stereocenters. The Labute approximate surface area is 130 Å². The highest BCUT2D eigenvalue weighted by atomic mass is 32.1. The van der Waals surface area contributed by atoms with Crippen molar-refractivity contribution in [2.45, 2.75) is 26.9 Å². The van der Waals surface area contributed by atoms with Gasteiger partial charge in [-0.25, -0.2) is 4.98 Å². The Hall–Kier alpha value is -1.39. The lowest BCUT2D eigenvalue weighted by Crippen LogP contribution is -2.38. The van der Waals surface area contributed by atoms with Crippen LogP contribution in [-0.2, 0) is 6.61 Å². The maximum atomic E-state index is 9.65. The summed E-state index contributed by atoms with van der Waals surface area (Å²) >= 11 is 1.63. The summed E-state index contributed by atoms with van der Waals surface area (Å²) in [6, 6.07) is 10.1. The predicted octanol–water partition coefficient (Wildman–Crippen LogP) is 3.78. The maximum absolute atomic E-state index is 9.65. The Bertz CT molecular complexity index is 586. The quantitative estimate of drug-likeness (QED) is 0.937. The summed E-state index contributed by atoms with van der Waals surface area (Å²) in [5.74, 6) is 1.41. The van der Waals surface area contributed by atoms with Gasteiger partial charge in [-0.15, -0.1) is 0 Å². The standard InChI is InChI=1S/C17H22N2OS/c1-12-8-13(2)10-19(9-12)17-18-16(15(11-20)21-17)14-6-4-3-5-7-14/h3-7,12-13,20H,8-11H2,1-2H3. The molecule has 2 heterocycles. The Morgan fingerprint density at radius 3 is 2.48 bits per heavy atom. The van der Waals surface area contributed by atoms with E-state index in [-0.39, 0.29) is 6.61 Å². The fourth-order valence-corrected chi connectivity index (χ4v) is 4.18. The van der Waals surface area contributed by atoms with E-state index in [0.717, 1.165) is 34.4 Å². The zero-order chi connectivity index (χ0) is 14.8. The Morgan fingerprint density at radius 2 is 1.86 bits per heavy atom. The molecule has 1 aliphatic rings. The molecule has 0 saturated carbocycles. The van der Waals surface area contributed by atoms with Gasteiger partial charge in [0.1, 0.15) is 0 Å². The van der Waals surface area contributed by atoms with Gasteiger partial charge >= 0.3 is 0 Å². The Balaban J connectivity index is 1.92. The number of hydrogen-bond donors (Lipinski definition) is 1. The first-order chi connectivity index (χ1) is 10.2. The van der Waals surface area contributed by atoms with Crippen molar-refractivity contribution in [1.29, 1.82) is 0 Å². The van der Waals surface area contributed by atoms with Crippen LogP contribution in [0.1, 0.15) is 25.1 Å². The number of aromatic nitrogens is 1. The van der Waals surface area contributed by atoms with Crippen LogP contribution in [-0.4, -0.2) is 23.2 Å². The second-order valence-electron chi connectivity index (χ2n) is 6.14. The summed E-state index contributed by atoms with van der Waals surface area (Å²) < 4.78 is 0. The van der Waals surface area contributed by atoms with Crippen molar-refractivity contribution < 1.29 is 5.11 Å². The summed E-state index contributed by atoms with van der Waals surface area (Å²) in [5.41, 5.74) is 2.02. The van der Waals surface area contributed by atoms with E-state index in [2.05, 4.69) is 30.9 Å². The van der Waals surface area contributed by atoms with E-state index in [1.165, 1.54) is 6.42 Å². The number of thiazole rings is 1. The second-order valence-corrected chi connectivity index (χ2v) is 7.21. The number of aliphatic hydroxyl groups is 1. The van der Waals surface area contributed by atoms with Gasteiger partial charge < -0.3 is 10.0 Å². The van der Waals surface area contributed by atoms with Gasteiger partial charge in [-0.2, -0.15) is 0 Å². The first kappa shape index (κ1) is 14.5. The molecule has 0 spiro atoms. The van der Waals surface area contributed by atoms with Gasteiger partial charge in [-0.05, 0) is 18.3 Å². The SMILES string of the molecule is CC1CC(C)CN(c2nc(-c3ccccc3)c(CO)s2)C1. The molecule has 1 aromatic heterocycles. The largest absolute Gasteiger partial charge is 0.391 e. The van der Waals surface area contributed by atoms with Crippen molar-refractivity contribution in [3.8, 4) is 11.3 Å². The minimum Gasteiger partial charge on any atom is -0.391 e. The molecule has 1 N–H and O–H groups in total. The van der Waals surface area contributed by atoms with Crippen LogP contribution in [0.5, 0.6) is 0 Å². The van der Waals surface area contributed by atoms with Crippen molar-refractivity contribution in [3.63, 3.8) is 0 Å². The van der Waals surface area contributed by atoms with Crippen LogP contribution >= 0.6 is 11.3 Å².